The Kier molecular flexibility index (Phi) is 5.20. The molecule has 8 heteroatoms. The van der Waals surface area contributed by atoms with Gasteiger partial charge in [0, 0.05) is 6.20 Å². The summed E-state index contributed by atoms with van der Waals surface area (Å²) in [4.78, 5) is 4.08. The van der Waals surface area contributed by atoms with E-state index in [-0.39, 0.29) is 0 Å². The third-order valence-corrected chi connectivity index (χ3v) is 6.57. The van der Waals surface area contributed by atoms with E-state index in [9.17, 15) is 0 Å². The molecule has 1 unspecified atom stereocenters. The molecule has 0 saturated carbocycles. The summed E-state index contributed by atoms with van der Waals surface area (Å²) in [6.45, 7) is 2.58. The molecule has 0 aliphatic carbocycles. The topological polar surface area (TPSA) is 80.3 Å². The Morgan fingerprint density at radius 2 is 1.89 bits per heavy atom. The van der Waals surface area contributed by atoms with E-state index in [1.165, 1.54) is 5.56 Å². The molecule has 6 nitrogen and oxygen atoms in total. The van der Waals surface area contributed by atoms with E-state index in [0.717, 1.165) is 33.7 Å². The van der Waals surface area contributed by atoms with Gasteiger partial charge in [-0.3, -0.25) is 4.98 Å². The molecular weight excluding hydrogens is 376 g/mol. The average molecular weight is 397 g/mol. The van der Waals surface area contributed by atoms with Gasteiger partial charge in [0.05, 0.1) is 5.69 Å². The Morgan fingerprint density at radius 3 is 2.56 bits per heavy atom. The third-order valence-electron chi connectivity index (χ3n) is 4.32. The standard InChI is InChI=1S/C19H20N6S2/c1-14-22-23-18(26-14)25-19(11-7-12-20,15-8-3-2-4-9-15)27-17(24-25)16-10-5-6-13-21-16/h2-6,8-10,13H,7,11-12,20H2,1H3. The van der Waals surface area contributed by atoms with Crippen molar-refractivity contribution < 1.29 is 0 Å². The van der Waals surface area contributed by atoms with Crippen LogP contribution in [0.4, 0.5) is 5.13 Å². The van der Waals surface area contributed by atoms with Crippen LogP contribution < -0.4 is 10.7 Å². The molecule has 3 heterocycles. The van der Waals surface area contributed by atoms with E-state index in [2.05, 4.69) is 39.4 Å². The predicted octanol–water partition coefficient (Wildman–Crippen LogP) is 3.75. The molecule has 0 saturated heterocycles. The first-order chi connectivity index (χ1) is 13.2. The molecule has 0 bridgehead atoms. The Labute approximate surface area is 166 Å². The fraction of sp³-hybridized carbons (Fsp3) is 0.263. The normalized spacial score (nSPS) is 19.3. The van der Waals surface area contributed by atoms with Crippen LogP contribution in [0.3, 0.4) is 0 Å². The number of hydrogen-bond acceptors (Lipinski definition) is 8. The van der Waals surface area contributed by atoms with Gasteiger partial charge < -0.3 is 5.73 Å². The van der Waals surface area contributed by atoms with E-state index in [0.29, 0.717) is 6.54 Å². The number of hydrogen-bond donors (Lipinski definition) is 1. The van der Waals surface area contributed by atoms with E-state index >= 15 is 0 Å². The molecule has 1 aromatic carbocycles. The molecule has 4 rings (SSSR count). The number of pyridine rings is 1. The summed E-state index contributed by atoms with van der Waals surface area (Å²) in [7, 11) is 0. The minimum absolute atomic E-state index is 0.417. The molecule has 27 heavy (non-hydrogen) atoms. The van der Waals surface area contributed by atoms with Gasteiger partial charge in [-0.05, 0) is 44.0 Å². The lowest BCUT2D eigenvalue weighted by Crippen LogP contribution is -2.38. The predicted molar refractivity (Wildman–Crippen MR) is 112 cm³/mol. The van der Waals surface area contributed by atoms with Gasteiger partial charge in [-0.25, -0.2) is 5.01 Å². The van der Waals surface area contributed by atoms with Crippen molar-refractivity contribution in [1.82, 2.24) is 15.2 Å². The lowest BCUT2D eigenvalue weighted by molar-refractivity contribution is 0.525. The lowest BCUT2D eigenvalue weighted by Gasteiger charge is -2.35. The van der Waals surface area contributed by atoms with Crippen molar-refractivity contribution in [2.24, 2.45) is 10.8 Å². The van der Waals surface area contributed by atoms with Crippen molar-refractivity contribution >= 4 is 33.3 Å². The number of anilines is 1. The summed E-state index contributed by atoms with van der Waals surface area (Å²) in [6.07, 6.45) is 3.51. The zero-order valence-corrected chi connectivity index (χ0v) is 16.6. The van der Waals surface area contributed by atoms with Gasteiger partial charge in [0.15, 0.2) is 0 Å². The van der Waals surface area contributed by atoms with E-state index in [4.69, 9.17) is 10.8 Å². The minimum atomic E-state index is -0.417. The number of hydrazone groups is 1. The quantitative estimate of drug-likeness (QED) is 0.683. The van der Waals surface area contributed by atoms with Crippen LogP contribution in [-0.4, -0.2) is 26.8 Å². The Morgan fingerprint density at radius 1 is 1.07 bits per heavy atom. The average Bonchev–Trinajstić information content (AvgIpc) is 3.32. The van der Waals surface area contributed by atoms with Crippen LogP contribution >= 0.6 is 23.1 Å². The number of thioether (sulfide) groups is 1. The molecule has 3 aromatic rings. The van der Waals surface area contributed by atoms with Crippen LogP contribution in [0.2, 0.25) is 0 Å². The Hall–Kier alpha value is -2.29. The fourth-order valence-electron chi connectivity index (χ4n) is 3.08. The van der Waals surface area contributed by atoms with Gasteiger partial charge in [0.1, 0.15) is 14.9 Å². The molecule has 0 radical (unpaired) electrons. The number of rotatable bonds is 6. The van der Waals surface area contributed by atoms with Crippen molar-refractivity contribution in [2.45, 2.75) is 24.6 Å². The molecule has 1 atom stereocenters. The maximum Gasteiger partial charge on any atom is 0.230 e. The van der Waals surface area contributed by atoms with Crippen molar-refractivity contribution in [3.63, 3.8) is 0 Å². The summed E-state index contributed by atoms with van der Waals surface area (Å²) in [5, 5.41) is 18.1. The first-order valence-corrected chi connectivity index (χ1v) is 10.4. The first kappa shape index (κ1) is 18.1. The number of nitrogens with two attached hydrogens (primary N) is 1. The van der Waals surface area contributed by atoms with Crippen molar-refractivity contribution in [1.29, 1.82) is 0 Å². The summed E-state index contributed by atoms with van der Waals surface area (Å²) < 4.78 is 0. The third kappa shape index (κ3) is 3.47. The molecule has 2 aromatic heterocycles. The van der Waals surface area contributed by atoms with Crippen LogP contribution in [0.1, 0.15) is 29.1 Å². The number of nitrogens with zero attached hydrogens (tertiary/aromatic N) is 5. The van der Waals surface area contributed by atoms with Crippen LogP contribution in [0.15, 0.2) is 59.8 Å². The monoisotopic (exact) mass is 396 g/mol. The molecule has 1 aliphatic rings. The van der Waals surface area contributed by atoms with Gasteiger partial charge in [-0.2, -0.15) is 5.10 Å². The molecule has 138 valence electrons. The summed E-state index contributed by atoms with van der Waals surface area (Å²) >= 11 is 3.26. The van der Waals surface area contributed by atoms with E-state index in [1.54, 1.807) is 29.3 Å². The molecule has 1 aliphatic heterocycles. The number of aryl methyl sites for hydroxylation is 1. The number of aromatic nitrogens is 3. The largest absolute Gasteiger partial charge is 0.330 e. The molecule has 0 spiro atoms. The highest BCUT2D eigenvalue weighted by Crippen LogP contribution is 2.52. The molecule has 2 N–H and O–H groups in total. The maximum atomic E-state index is 5.87. The van der Waals surface area contributed by atoms with Crippen LogP contribution in [-0.2, 0) is 4.87 Å². The highest BCUT2D eigenvalue weighted by atomic mass is 32.2. The Balaban J connectivity index is 1.85. The van der Waals surface area contributed by atoms with Gasteiger partial charge in [0.2, 0.25) is 5.13 Å². The lowest BCUT2D eigenvalue weighted by atomic mass is 10.0. The SMILES string of the molecule is Cc1nnc(N2N=C(c3ccccn3)SC2(CCCN)c2ccccc2)s1. The fourth-order valence-corrected chi connectivity index (χ4v) is 5.23. The Bertz CT molecular complexity index is 928. The highest BCUT2D eigenvalue weighted by molar-refractivity contribution is 8.15. The van der Waals surface area contributed by atoms with Crippen molar-refractivity contribution in [3.05, 3.63) is 71.0 Å². The van der Waals surface area contributed by atoms with Gasteiger partial charge in [-0.1, -0.05) is 59.5 Å². The van der Waals surface area contributed by atoms with Crippen molar-refractivity contribution in [2.75, 3.05) is 11.6 Å². The zero-order chi connectivity index (χ0) is 18.7. The molecule has 0 amide bonds. The minimum Gasteiger partial charge on any atom is -0.330 e. The van der Waals surface area contributed by atoms with Gasteiger partial charge >= 0.3 is 0 Å². The highest BCUT2D eigenvalue weighted by Gasteiger charge is 2.47. The van der Waals surface area contributed by atoms with E-state index < -0.39 is 4.87 Å². The summed E-state index contributed by atoms with van der Waals surface area (Å²) in [6, 6.07) is 16.3. The smallest absolute Gasteiger partial charge is 0.230 e. The second-order valence-corrected chi connectivity index (χ2v) is 8.61. The second-order valence-electron chi connectivity index (χ2n) is 6.18. The van der Waals surface area contributed by atoms with E-state index in [1.807, 2.05) is 36.2 Å². The number of benzene rings is 1. The second kappa shape index (κ2) is 7.75. The van der Waals surface area contributed by atoms with Crippen LogP contribution in [0.25, 0.3) is 0 Å². The van der Waals surface area contributed by atoms with Gasteiger partial charge in [0.25, 0.3) is 0 Å². The van der Waals surface area contributed by atoms with Crippen LogP contribution in [0.5, 0.6) is 0 Å². The summed E-state index contributed by atoms with van der Waals surface area (Å²) in [5.41, 5.74) is 7.91. The molecule has 0 fully saturated rings. The maximum absolute atomic E-state index is 5.87. The molecular formula is C19H20N6S2. The van der Waals surface area contributed by atoms with Gasteiger partial charge in [-0.15, -0.1) is 10.2 Å². The summed E-state index contributed by atoms with van der Waals surface area (Å²) in [5.74, 6) is 0. The zero-order valence-electron chi connectivity index (χ0n) is 14.9. The first-order valence-electron chi connectivity index (χ1n) is 8.78. The van der Waals surface area contributed by atoms with Crippen LogP contribution in [0, 0.1) is 6.92 Å². The van der Waals surface area contributed by atoms with Crippen molar-refractivity contribution in [3.8, 4) is 0 Å².